The Morgan fingerprint density at radius 3 is 0.661 bits per heavy atom. The molecular formula is C104H78N8. The lowest BCUT2D eigenvalue weighted by Crippen LogP contribution is -2.05. The summed E-state index contributed by atoms with van der Waals surface area (Å²) in [4.78, 5) is 32.8. The Balaban J connectivity index is 0.919. The lowest BCUT2D eigenvalue weighted by atomic mass is 9.91. The zero-order chi connectivity index (χ0) is 75.8. The zero-order valence-electron chi connectivity index (χ0n) is 63.8. The van der Waals surface area contributed by atoms with Gasteiger partial charge >= 0.3 is 0 Å². The maximum atomic E-state index is 5.57. The lowest BCUT2D eigenvalue weighted by Gasteiger charge is -2.21. The number of aromatic nitrogens is 8. The number of hydrogen-bond donors (Lipinski definition) is 0. The molecule has 0 radical (unpaired) electrons. The van der Waals surface area contributed by atoms with Gasteiger partial charge in [0, 0.05) is 66.1 Å². The summed E-state index contributed by atoms with van der Waals surface area (Å²) in [6.45, 7) is 17.5. The number of fused-ring (bicyclic) bond motifs is 6. The molecule has 0 atom stereocenters. The number of nitrogens with zero attached hydrogens (tertiary/aromatic N) is 8. The van der Waals surface area contributed by atoms with Gasteiger partial charge in [0.05, 0.1) is 33.4 Å². The van der Waals surface area contributed by atoms with Gasteiger partial charge in [-0.2, -0.15) is 0 Å². The first-order valence-electron chi connectivity index (χ1n) is 38.4. The highest BCUT2D eigenvalue weighted by Gasteiger charge is 2.27. The third-order valence-electron chi connectivity index (χ3n) is 21.6. The van der Waals surface area contributed by atoms with E-state index in [9.17, 15) is 0 Å². The summed E-state index contributed by atoms with van der Waals surface area (Å²) >= 11 is 0. The lowest BCUT2D eigenvalue weighted by molar-refractivity contribution is 1.07. The van der Waals surface area contributed by atoms with E-state index in [0.29, 0.717) is 34.9 Å². The van der Waals surface area contributed by atoms with Crippen molar-refractivity contribution >= 4 is 43.6 Å². The van der Waals surface area contributed by atoms with E-state index < -0.39 is 0 Å². The van der Waals surface area contributed by atoms with Gasteiger partial charge in [-0.1, -0.05) is 305 Å². The summed E-state index contributed by atoms with van der Waals surface area (Å²) in [6.07, 6.45) is 0. The fourth-order valence-corrected chi connectivity index (χ4v) is 17.0. The average Bonchev–Trinajstić information content (AvgIpc) is 1.64. The van der Waals surface area contributed by atoms with E-state index in [-0.39, 0.29) is 0 Å². The van der Waals surface area contributed by atoms with Gasteiger partial charge in [0.2, 0.25) is 0 Å². The molecule has 0 spiro atoms. The van der Waals surface area contributed by atoms with E-state index in [1.165, 1.54) is 66.8 Å². The van der Waals surface area contributed by atoms with E-state index in [1.807, 2.05) is 72.8 Å². The molecule has 112 heavy (non-hydrogen) atoms. The molecular weight excluding hydrogens is 1360 g/mol. The molecule has 0 aliphatic rings. The first kappa shape index (κ1) is 68.5. The fourth-order valence-electron chi connectivity index (χ4n) is 17.0. The van der Waals surface area contributed by atoms with Crippen LogP contribution < -0.4 is 0 Å². The van der Waals surface area contributed by atoms with Crippen LogP contribution in [0.15, 0.2) is 328 Å². The Kier molecular flexibility index (Phi) is 17.2. The van der Waals surface area contributed by atoms with Crippen molar-refractivity contribution in [1.82, 2.24) is 39.0 Å². The standard InChI is InChI=1S/C104H78N8/c1-63-46-64(2)51-81(50-63)75-38-42-91-87(59-75)88-60-76(82-52-65(3)47-66(4)53-82)39-43-92(88)111(91)95-36-22-34-85(103-107-99(71-24-13-9-14-25-71)105-100(108-103)72-26-15-10-16-27-72)97(95)79-32-21-33-80(58-79)98-86(104-109-101(73-28-17-11-18-29-73)106-102(110-104)74-30-19-12-20-31-74)35-23-37-96(98)112-93-44-40-77(83-54-67(5)48-68(6)55-83)61-89(93)90-62-78(41-45-94(90)112)84-56-69(7)49-70(8)57-84/h9-62H,1-8H3. The average molecular weight is 1440 g/mol. The Bertz CT molecular complexity index is 6120. The molecule has 19 aromatic rings. The van der Waals surface area contributed by atoms with Crippen LogP contribution in [0.25, 0.3) is 190 Å². The maximum Gasteiger partial charge on any atom is 0.164 e. The van der Waals surface area contributed by atoms with Crippen molar-refractivity contribution in [3.05, 3.63) is 372 Å². The summed E-state index contributed by atoms with van der Waals surface area (Å²) in [6, 6.07) is 119. The van der Waals surface area contributed by atoms with Crippen LogP contribution in [-0.4, -0.2) is 39.0 Å². The summed E-state index contributed by atoms with van der Waals surface area (Å²) in [5.74, 6) is 3.33. The molecule has 15 aromatic carbocycles. The van der Waals surface area contributed by atoms with Crippen LogP contribution in [0.2, 0.25) is 0 Å². The highest BCUT2D eigenvalue weighted by atomic mass is 15.1. The Hall–Kier alpha value is -14.1. The molecule has 0 saturated carbocycles. The van der Waals surface area contributed by atoms with Gasteiger partial charge in [0.25, 0.3) is 0 Å². The predicted molar refractivity (Wildman–Crippen MR) is 465 cm³/mol. The minimum absolute atomic E-state index is 0.531. The smallest absolute Gasteiger partial charge is 0.164 e. The molecule has 534 valence electrons. The van der Waals surface area contributed by atoms with Crippen LogP contribution >= 0.6 is 0 Å². The SMILES string of the molecule is Cc1cc(C)cc(-c2ccc3c(c2)c2cc(-c4cc(C)cc(C)c4)ccc2n3-c2cccc(-c3nc(-c4ccccc4)nc(-c4ccccc4)n3)c2-c2cccc(-c3c(-c4nc(-c5ccccc5)nc(-c5ccccc5)n4)cccc3-n3c4ccc(-c5cc(C)cc(C)c5)cc4c4cc(-c5cc(C)cc(C)c5)ccc43)c2)c1. The molecule has 8 heteroatoms. The van der Waals surface area contributed by atoms with Crippen molar-refractivity contribution in [1.29, 1.82) is 0 Å². The fraction of sp³-hybridized carbons (Fsp3) is 0.0769. The van der Waals surface area contributed by atoms with Crippen LogP contribution in [-0.2, 0) is 0 Å². The molecule has 0 aliphatic heterocycles. The van der Waals surface area contributed by atoms with Crippen molar-refractivity contribution in [3.8, 4) is 146 Å². The second-order valence-electron chi connectivity index (χ2n) is 30.2. The molecule has 19 rings (SSSR count). The van der Waals surface area contributed by atoms with Gasteiger partial charge in [0.1, 0.15) is 0 Å². The van der Waals surface area contributed by atoms with Gasteiger partial charge in [-0.05, 0) is 178 Å². The Morgan fingerprint density at radius 1 is 0.170 bits per heavy atom. The molecule has 0 amide bonds. The molecule has 0 bridgehead atoms. The van der Waals surface area contributed by atoms with E-state index in [2.05, 4.69) is 319 Å². The first-order valence-corrected chi connectivity index (χ1v) is 38.4. The maximum absolute atomic E-state index is 5.57. The van der Waals surface area contributed by atoms with Gasteiger partial charge in [-0.3, -0.25) is 0 Å². The first-order chi connectivity index (χ1) is 54.7. The van der Waals surface area contributed by atoms with E-state index in [4.69, 9.17) is 29.9 Å². The summed E-state index contributed by atoms with van der Waals surface area (Å²) in [5.41, 5.74) is 34.1. The summed E-state index contributed by atoms with van der Waals surface area (Å²) in [7, 11) is 0. The Labute approximate surface area is 652 Å². The van der Waals surface area contributed by atoms with Gasteiger partial charge in [-0.25, -0.2) is 29.9 Å². The normalized spacial score (nSPS) is 11.6. The number of aryl methyl sites for hydroxylation is 8. The van der Waals surface area contributed by atoms with E-state index in [1.54, 1.807) is 0 Å². The molecule has 4 aromatic heterocycles. The molecule has 4 heterocycles. The molecule has 8 nitrogen and oxygen atoms in total. The largest absolute Gasteiger partial charge is 0.309 e. The zero-order valence-corrected chi connectivity index (χ0v) is 63.8. The van der Waals surface area contributed by atoms with Gasteiger partial charge in [-0.15, -0.1) is 0 Å². The van der Waals surface area contributed by atoms with Crippen LogP contribution in [0.4, 0.5) is 0 Å². The number of rotatable bonds is 14. The molecule has 0 aliphatic carbocycles. The quantitative estimate of drug-likeness (QED) is 0.108. The topological polar surface area (TPSA) is 87.2 Å². The second-order valence-corrected chi connectivity index (χ2v) is 30.2. The van der Waals surface area contributed by atoms with Crippen molar-refractivity contribution in [2.75, 3.05) is 0 Å². The number of hydrogen-bond acceptors (Lipinski definition) is 6. The predicted octanol–water partition coefficient (Wildman–Crippen LogP) is 26.7. The summed E-state index contributed by atoms with van der Waals surface area (Å²) in [5, 5.41) is 4.54. The molecule has 0 N–H and O–H groups in total. The van der Waals surface area contributed by atoms with Crippen molar-refractivity contribution < 1.29 is 0 Å². The van der Waals surface area contributed by atoms with Crippen LogP contribution in [0, 0.1) is 55.4 Å². The molecule has 0 saturated heterocycles. The third-order valence-corrected chi connectivity index (χ3v) is 21.6. The highest BCUT2D eigenvalue weighted by Crippen LogP contribution is 2.48. The van der Waals surface area contributed by atoms with Crippen molar-refractivity contribution in [2.45, 2.75) is 55.4 Å². The molecule has 0 unspecified atom stereocenters. The van der Waals surface area contributed by atoms with E-state index in [0.717, 1.165) is 133 Å². The number of benzene rings is 15. The minimum Gasteiger partial charge on any atom is -0.309 e. The van der Waals surface area contributed by atoms with Crippen molar-refractivity contribution in [3.63, 3.8) is 0 Å². The Morgan fingerprint density at radius 2 is 0.402 bits per heavy atom. The minimum atomic E-state index is 0.531. The molecule has 0 fully saturated rings. The van der Waals surface area contributed by atoms with Crippen molar-refractivity contribution in [2.24, 2.45) is 0 Å². The van der Waals surface area contributed by atoms with Gasteiger partial charge < -0.3 is 9.13 Å². The summed E-state index contributed by atoms with van der Waals surface area (Å²) < 4.78 is 4.95. The highest BCUT2D eigenvalue weighted by molar-refractivity contribution is 6.14. The monoisotopic (exact) mass is 1440 g/mol. The van der Waals surface area contributed by atoms with Crippen LogP contribution in [0.3, 0.4) is 0 Å². The van der Waals surface area contributed by atoms with Crippen LogP contribution in [0.1, 0.15) is 44.5 Å². The van der Waals surface area contributed by atoms with E-state index >= 15 is 0 Å². The third kappa shape index (κ3) is 12.8. The van der Waals surface area contributed by atoms with Crippen LogP contribution in [0.5, 0.6) is 0 Å². The van der Waals surface area contributed by atoms with Gasteiger partial charge in [0.15, 0.2) is 34.9 Å². The second kappa shape index (κ2) is 28.2.